The largest absolute Gasteiger partial charge is 0.548 e. The number of carboxylic acids is 1. The van der Waals surface area contributed by atoms with Gasteiger partial charge in [0, 0.05) is 39.8 Å². The van der Waals surface area contributed by atoms with Crippen LogP contribution in [0.5, 0.6) is 0 Å². The third-order valence-corrected chi connectivity index (χ3v) is 8.18. The molecule has 0 aliphatic heterocycles. The first-order valence-corrected chi connectivity index (χ1v) is 13.6. The molecule has 0 saturated heterocycles. The molecular weight excluding hydrogens is 490 g/mol. The van der Waals surface area contributed by atoms with Gasteiger partial charge >= 0.3 is 5.63 Å². The van der Waals surface area contributed by atoms with Crippen molar-refractivity contribution in [2.24, 2.45) is 0 Å². The number of nitrogens with one attached hydrogen (secondary N) is 1. The molecule has 192 valence electrons. The van der Waals surface area contributed by atoms with E-state index in [1.165, 1.54) is 17.3 Å². The zero-order chi connectivity index (χ0) is 26.1. The molecule has 1 N–H and O–H groups in total. The highest BCUT2D eigenvalue weighted by atomic mass is 32.2. The van der Waals surface area contributed by atoms with Gasteiger partial charge in [-0.15, -0.1) is 0 Å². The Hall–Kier alpha value is -3.52. The van der Waals surface area contributed by atoms with Crippen LogP contribution in [0.1, 0.15) is 46.4 Å². The molecule has 1 aliphatic carbocycles. The number of aliphatic carboxylic acids is 1. The minimum Gasteiger partial charge on any atom is -0.548 e. The molecule has 0 saturated carbocycles. The Balaban J connectivity index is 1.38. The SMILES string of the molecule is Cc1c(CC(=O)N[C@@H](CSCc2ccccc2)C(=O)[O-])c(=O)oc2c(C)c3oc4c(c3cc12)CCCC4. The Morgan fingerprint density at radius 2 is 1.76 bits per heavy atom. The van der Waals surface area contributed by atoms with E-state index in [1.807, 2.05) is 43.3 Å². The van der Waals surface area contributed by atoms with Gasteiger partial charge in [0.1, 0.15) is 16.9 Å². The molecule has 2 aromatic heterocycles. The molecule has 0 unspecified atom stereocenters. The number of furan rings is 1. The molecule has 8 heteroatoms. The summed E-state index contributed by atoms with van der Waals surface area (Å²) in [5.74, 6) is -0.171. The predicted octanol–water partition coefficient (Wildman–Crippen LogP) is 3.75. The highest BCUT2D eigenvalue weighted by Gasteiger charge is 2.24. The maximum Gasteiger partial charge on any atom is 0.340 e. The average molecular weight is 519 g/mol. The van der Waals surface area contributed by atoms with Gasteiger partial charge in [-0.3, -0.25) is 4.79 Å². The zero-order valence-electron chi connectivity index (χ0n) is 20.8. The molecule has 2 heterocycles. The normalized spacial score (nSPS) is 14.0. The maximum atomic E-state index is 12.9. The van der Waals surface area contributed by atoms with Gasteiger partial charge in [0.25, 0.3) is 0 Å². The van der Waals surface area contributed by atoms with Crippen LogP contribution in [0.2, 0.25) is 0 Å². The third kappa shape index (κ3) is 5.03. The second-order valence-electron chi connectivity index (χ2n) is 9.58. The predicted molar refractivity (Wildman–Crippen MR) is 142 cm³/mol. The summed E-state index contributed by atoms with van der Waals surface area (Å²) in [5.41, 5.74) is 4.50. The fourth-order valence-corrected chi connectivity index (χ4v) is 6.07. The maximum absolute atomic E-state index is 12.9. The lowest BCUT2D eigenvalue weighted by atomic mass is 9.93. The summed E-state index contributed by atoms with van der Waals surface area (Å²) >= 11 is 1.39. The number of rotatable bonds is 8. The van der Waals surface area contributed by atoms with Crippen molar-refractivity contribution in [2.45, 2.75) is 57.7 Å². The average Bonchev–Trinajstić information content (AvgIpc) is 3.26. The number of carbonyl (C=O) groups excluding carboxylic acids is 2. The van der Waals surface area contributed by atoms with Gasteiger partial charge in [-0.1, -0.05) is 30.3 Å². The Morgan fingerprint density at radius 1 is 1.03 bits per heavy atom. The number of carbonyl (C=O) groups is 2. The summed E-state index contributed by atoms with van der Waals surface area (Å²) in [6.45, 7) is 3.68. The number of fused-ring (bicyclic) bond motifs is 4. The van der Waals surface area contributed by atoms with E-state index in [-0.39, 0.29) is 17.7 Å². The van der Waals surface area contributed by atoms with Crippen LogP contribution in [0, 0.1) is 13.8 Å². The fourth-order valence-electron chi connectivity index (χ4n) is 5.06. The van der Waals surface area contributed by atoms with Crippen LogP contribution in [0.15, 0.2) is 50.0 Å². The first-order valence-electron chi connectivity index (χ1n) is 12.5. The van der Waals surface area contributed by atoms with Crippen molar-refractivity contribution in [2.75, 3.05) is 5.75 Å². The van der Waals surface area contributed by atoms with E-state index < -0.39 is 23.5 Å². The van der Waals surface area contributed by atoms with Gasteiger partial charge in [0.05, 0.1) is 24.0 Å². The van der Waals surface area contributed by atoms with Gasteiger partial charge in [-0.2, -0.15) is 11.8 Å². The molecule has 0 radical (unpaired) electrons. The van der Waals surface area contributed by atoms with Crippen molar-refractivity contribution in [3.8, 4) is 0 Å². The summed E-state index contributed by atoms with van der Waals surface area (Å²) in [6, 6.07) is 10.5. The number of hydrogen-bond acceptors (Lipinski definition) is 7. The molecule has 4 aromatic rings. The molecule has 1 aliphatic rings. The first kappa shape index (κ1) is 25.1. The van der Waals surface area contributed by atoms with Crippen molar-refractivity contribution in [3.05, 3.63) is 80.4 Å². The van der Waals surface area contributed by atoms with Crippen LogP contribution in [0.3, 0.4) is 0 Å². The smallest absolute Gasteiger partial charge is 0.340 e. The topological polar surface area (TPSA) is 113 Å². The molecule has 0 fully saturated rings. The van der Waals surface area contributed by atoms with Crippen molar-refractivity contribution in [1.29, 1.82) is 0 Å². The lowest BCUT2D eigenvalue weighted by molar-refractivity contribution is -0.307. The van der Waals surface area contributed by atoms with E-state index in [0.29, 0.717) is 16.9 Å². The van der Waals surface area contributed by atoms with E-state index in [0.717, 1.165) is 58.9 Å². The van der Waals surface area contributed by atoms with E-state index in [1.54, 1.807) is 6.92 Å². The minimum atomic E-state index is -1.36. The van der Waals surface area contributed by atoms with Crippen molar-refractivity contribution in [3.63, 3.8) is 0 Å². The fraction of sp³-hybridized carbons (Fsp3) is 0.345. The molecule has 5 rings (SSSR count). The Kier molecular flexibility index (Phi) is 7.11. The van der Waals surface area contributed by atoms with Gasteiger partial charge in [-0.25, -0.2) is 4.79 Å². The van der Waals surface area contributed by atoms with Crippen LogP contribution in [-0.4, -0.2) is 23.7 Å². The third-order valence-electron chi connectivity index (χ3n) is 7.08. The van der Waals surface area contributed by atoms with E-state index in [9.17, 15) is 19.5 Å². The van der Waals surface area contributed by atoms with Crippen molar-refractivity contribution >= 4 is 45.6 Å². The summed E-state index contributed by atoms with van der Waals surface area (Å²) in [5, 5.41) is 16.0. The second kappa shape index (κ2) is 10.5. The van der Waals surface area contributed by atoms with Crippen molar-refractivity contribution in [1.82, 2.24) is 5.32 Å². The Bertz CT molecular complexity index is 1550. The number of carboxylic acid groups (broad SMARTS) is 1. The summed E-state index contributed by atoms with van der Waals surface area (Å²) in [4.78, 5) is 37.4. The molecule has 37 heavy (non-hydrogen) atoms. The van der Waals surface area contributed by atoms with Gasteiger partial charge in [0.15, 0.2) is 0 Å². The first-order chi connectivity index (χ1) is 17.8. The Labute approximate surface area is 218 Å². The zero-order valence-corrected chi connectivity index (χ0v) is 21.7. The monoisotopic (exact) mass is 518 g/mol. The van der Waals surface area contributed by atoms with Crippen LogP contribution >= 0.6 is 11.8 Å². The van der Waals surface area contributed by atoms with Crippen LogP contribution < -0.4 is 16.0 Å². The minimum absolute atomic E-state index is 0.150. The molecule has 7 nitrogen and oxygen atoms in total. The van der Waals surface area contributed by atoms with Crippen molar-refractivity contribution < 1.29 is 23.5 Å². The highest BCUT2D eigenvalue weighted by molar-refractivity contribution is 7.98. The van der Waals surface area contributed by atoms with Gasteiger partial charge in [-0.05, 0) is 50.3 Å². The van der Waals surface area contributed by atoms with Gasteiger partial charge < -0.3 is 24.1 Å². The highest BCUT2D eigenvalue weighted by Crippen LogP contribution is 2.37. The van der Waals surface area contributed by atoms with Crippen LogP contribution in [-0.2, 0) is 34.6 Å². The molecule has 0 bridgehead atoms. The molecular formula is C29H28NO6S-. The molecule has 0 spiro atoms. The Morgan fingerprint density at radius 3 is 2.51 bits per heavy atom. The summed E-state index contributed by atoms with van der Waals surface area (Å²) < 4.78 is 11.8. The van der Waals surface area contributed by atoms with Gasteiger partial charge in [0.2, 0.25) is 5.91 Å². The number of aryl methyl sites for hydroxylation is 4. The van der Waals surface area contributed by atoms with Crippen LogP contribution in [0.4, 0.5) is 0 Å². The second-order valence-corrected chi connectivity index (χ2v) is 10.6. The van der Waals surface area contributed by atoms with E-state index in [2.05, 4.69) is 5.32 Å². The van der Waals surface area contributed by atoms with E-state index in [4.69, 9.17) is 8.83 Å². The molecule has 2 aromatic carbocycles. The molecule has 1 amide bonds. The number of amides is 1. The number of thioether (sulfide) groups is 1. The number of hydrogen-bond donors (Lipinski definition) is 1. The number of benzene rings is 2. The standard InChI is InChI=1S/C29H29NO6S/c1-16-20-12-22-19-10-6-7-11-24(19)35-27(22)17(2)26(20)36-29(34)21(16)13-25(31)30-23(28(32)33)15-37-14-18-8-4-3-5-9-18/h3-5,8-9,12,23H,6-7,10-11,13-15H2,1-2H3,(H,30,31)(H,32,33)/p-1/t23-/m0/s1. The quantitative estimate of drug-likeness (QED) is 0.354. The lowest BCUT2D eigenvalue weighted by Gasteiger charge is -2.19. The summed E-state index contributed by atoms with van der Waals surface area (Å²) in [7, 11) is 0. The lowest BCUT2D eigenvalue weighted by Crippen LogP contribution is -2.50. The van der Waals surface area contributed by atoms with E-state index >= 15 is 0 Å². The van der Waals surface area contributed by atoms with Crippen LogP contribution in [0.25, 0.3) is 21.9 Å². The molecule has 1 atom stereocenters. The summed E-state index contributed by atoms with van der Waals surface area (Å²) in [6.07, 6.45) is 3.77.